The van der Waals surface area contributed by atoms with Gasteiger partial charge in [-0.1, -0.05) is 6.07 Å². The second-order valence-electron chi connectivity index (χ2n) is 7.30. The molecule has 30 heavy (non-hydrogen) atoms. The van der Waals surface area contributed by atoms with Gasteiger partial charge in [0.1, 0.15) is 16.7 Å². The van der Waals surface area contributed by atoms with E-state index in [-0.39, 0.29) is 31.0 Å². The van der Waals surface area contributed by atoms with Gasteiger partial charge in [0.2, 0.25) is 0 Å². The molecule has 1 aromatic carbocycles. The Balaban J connectivity index is 1.93. The average Bonchev–Trinajstić information content (AvgIpc) is 2.75. The fourth-order valence-electron chi connectivity index (χ4n) is 3.89. The largest absolute Gasteiger partial charge is 0.466 e. The van der Waals surface area contributed by atoms with Crippen molar-refractivity contribution in [3.05, 3.63) is 59.3 Å². The number of carbonyl (C=O) groups excluding carboxylic acids is 2. The minimum Gasteiger partial charge on any atom is -0.466 e. The number of esters is 1. The van der Waals surface area contributed by atoms with Gasteiger partial charge in [-0.2, -0.15) is 0 Å². The Morgan fingerprint density at radius 1 is 1.30 bits per heavy atom. The summed E-state index contributed by atoms with van der Waals surface area (Å²) in [5, 5.41) is 0.611. The molecule has 0 spiro atoms. The number of hydrogen-bond acceptors (Lipinski definition) is 5. The topological polar surface area (TPSA) is 59.5 Å². The predicted octanol–water partition coefficient (Wildman–Crippen LogP) is 4.11. The van der Waals surface area contributed by atoms with E-state index in [2.05, 4.69) is 4.98 Å². The molecule has 0 saturated carbocycles. The molecule has 2 aromatic rings. The molecule has 1 aliphatic heterocycles. The molecule has 1 aliphatic rings. The summed E-state index contributed by atoms with van der Waals surface area (Å²) in [4.78, 5) is 32.0. The highest BCUT2D eigenvalue weighted by Gasteiger charge is 2.45. The summed E-state index contributed by atoms with van der Waals surface area (Å²) in [6.45, 7) is 2.47. The molecule has 2 heterocycles. The summed E-state index contributed by atoms with van der Waals surface area (Å²) in [7, 11) is 0. The van der Waals surface area contributed by atoms with Crippen LogP contribution in [0.5, 0.6) is 0 Å². The predicted molar refractivity (Wildman–Crippen MR) is 110 cm³/mol. The summed E-state index contributed by atoms with van der Waals surface area (Å²) in [5.41, 5.74) is -0.396. The number of benzene rings is 1. The second kappa shape index (κ2) is 9.55. The minimum absolute atomic E-state index is 0.0319. The number of carbonyl (C=O) groups is 2. The first-order chi connectivity index (χ1) is 14.4. The summed E-state index contributed by atoms with van der Waals surface area (Å²) in [6.07, 6.45) is 4.52. The summed E-state index contributed by atoms with van der Waals surface area (Å²) in [5.74, 6) is -2.08. The van der Waals surface area contributed by atoms with Crippen molar-refractivity contribution in [2.45, 2.75) is 31.2 Å². The van der Waals surface area contributed by atoms with E-state index < -0.39 is 23.0 Å². The molecule has 1 fully saturated rings. The molecule has 0 aliphatic carbocycles. The molecular weight excluding hydrogens is 410 g/mol. The summed E-state index contributed by atoms with van der Waals surface area (Å²) in [6, 6.07) is 6.73. The third kappa shape index (κ3) is 4.64. The number of piperidine rings is 1. The third-order valence-corrected chi connectivity index (χ3v) is 6.02. The maximum Gasteiger partial charge on any atom is 0.314 e. The lowest BCUT2D eigenvalue weighted by molar-refractivity contribution is -0.158. The molecule has 5 nitrogen and oxygen atoms in total. The molecular formula is C22H24F2N2O3S. The molecule has 0 radical (unpaired) electrons. The maximum atomic E-state index is 14.4. The highest BCUT2D eigenvalue weighted by Crippen LogP contribution is 2.37. The van der Waals surface area contributed by atoms with E-state index in [9.17, 15) is 18.4 Å². The van der Waals surface area contributed by atoms with Crippen LogP contribution >= 0.6 is 11.8 Å². The smallest absolute Gasteiger partial charge is 0.314 e. The van der Waals surface area contributed by atoms with Gasteiger partial charge in [0.15, 0.2) is 0 Å². The van der Waals surface area contributed by atoms with E-state index >= 15 is 0 Å². The first-order valence-electron chi connectivity index (χ1n) is 9.79. The lowest BCUT2D eigenvalue weighted by atomic mass is 9.74. The van der Waals surface area contributed by atoms with Crippen LogP contribution in [-0.2, 0) is 16.0 Å². The van der Waals surface area contributed by atoms with Gasteiger partial charge >= 0.3 is 5.97 Å². The number of thioether (sulfide) groups is 1. The van der Waals surface area contributed by atoms with Gasteiger partial charge in [-0.15, -0.1) is 11.8 Å². The Morgan fingerprint density at radius 3 is 2.80 bits per heavy atom. The maximum absolute atomic E-state index is 14.4. The zero-order valence-corrected chi connectivity index (χ0v) is 17.8. The van der Waals surface area contributed by atoms with Gasteiger partial charge in [-0.3, -0.25) is 9.59 Å². The SMILES string of the molecule is CCOC(=O)C1(Cc2ccc(F)cc2F)CCCN(C(=O)c2cccnc2SC)C1. The number of nitrogens with zero attached hydrogens (tertiary/aromatic N) is 2. The fraction of sp³-hybridized carbons (Fsp3) is 0.409. The lowest BCUT2D eigenvalue weighted by Gasteiger charge is -2.41. The number of pyridine rings is 1. The zero-order chi connectivity index (χ0) is 21.7. The van der Waals surface area contributed by atoms with Crippen molar-refractivity contribution in [1.82, 2.24) is 9.88 Å². The van der Waals surface area contributed by atoms with Crippen LogP contribution in [-0.4, -0.2) is 47.7 Å². The number of halogens is 2. The van der Waals surface area contributed by atoms with Crippen molar-refractivity contribution in [1.29, 1.82) is 0 Å². The van der Waals surface area contributed by atoms with E-state index in [1.165, 1.54) is 23.9 Å². The van der Waals surface area contributed by atoms with Crippen molar-refractivity contribution >= 4 is 23.6 Å². The highest BCUT2D eigenvalue weighted by atomic mass is 32.2. The first kappa shape index (κ1) is 22.2. The van der Waals surface area contributed by atoms with Crippen molar-refractivity contribution in [3.63, 3.8) is 0 Å². The van der Waals surface area contributed by atoms with Gasteiger partial charge in [0.05, 0.1) is 17.6 Å². The van der Waals surface area contributed by atoms with Crippen LogP contribution in [0.4, 0.5) is 8.78 Å². The number of amides is 1. The molecule has 1 aromatic heterocycles. The Bertz CT molecular complexity index is 940. The quantitative estimate of drug-likeness (QED) is 0.506. The van der Waals surface area contributed by atoms with Crippen molar-refractivity contribution in [2.75, 3.05) is 26.0 Å². The minimum atomic E-state index is -1.09. The molecule has 1 unspecified atom stereocenters. The van der Waals surface area contributed by atoms with E-state index in [0.717, 1.165) is 6.07 Å². The number of rotatable bonds is 6. The highest BCUT2D eigenvalue weighted by molar-refractivity contribution is 7.98. The average molecular weight is 435 g/mol. The second-order valence-corrected chi connectivity index (χ2v) is 8.10. The van der Waals surface area contributed by atoms with Gasteiger partial charge in [-0.05, 0) is 56.2 Å². The molecule has 1 atom stereocenters. The van der Waals surface area contributed by atoms with E-state index in [1.807, 2.05) is 6.26 Å². The standard InChI is InChI=1S/C22H24F2N2O3S/c1-3-29-21(28)22(13-15-7-8-16(23)12-18(15)24)9-5-11-26(14-22)20(27)17-6-4-10-25-19(17)30-2/h4,6-8,10,12H,3,5,9,11,13-14H2,1-2H3. The van der Waals surface area contributed by atoms with E-state index in [1.54, 1.807) is 30.2 Å². The third-order valence-electron chi connectivity index (χ3n) is 5.31. The van der Waals surface area contributed by atoms with Crippen LogP contribution in [0.3, 0.4) is 0 Å². The number of likely N-dealkylation sites (tertiary alicyclic amines) is 1. The molecule has 8 heteroatoms. The van der Waals surface area contributed by atoms with Crippen LogP contribution in [0.1, 0.15) is 35.7 Å². The Labute approximate surface area is 178 Å². The van der Waals surface area contributed by atoms with Crippen molar-refractivity contribution in [2.24, 2.45) is 5.41 Å². The molecule has 0 bridgehead atoms. The number of hydrogen-bond donors (Lipinski definition) is 0. The molecule has 3 rings (SSSR count). The van der Waals surface area contributed by atoms with Crippen molar-refractivity contribution < 1.29 is 23.1 Å². The zero-order valence-electron chi connectivity index (χ0n) is 17.0. The molecule has 160 valence electrons. The van der Waals surface area contributed by atoms with Crippen LogP contribution < -0.4 is 0 Å². The van der Waals surface area contributed by atoms with E-state index in [0.29, 0.717) is 30.0 Å². The van der Waals surface area contributed by atoms with Crippen LogP contribution in [0.2, 0.25) is 0 Å². The van der Waals surface area contributed by atoms with Crippen LogP contribution in [0.15, 0.2) is 41.6 Å². The normalized spacial score (nSPS) is 18.9. The summed E-state index contributed by atoms with van der Waals surface area (Å²) < 4.78 is 33.0. The van der Waals surface area contributed by atoms with Gasteiger partial charge in [-0.25, -0.2) is 13.8 Å². The van der Waals surface area contributed by atoms with Gasteiger partial charge in [0, 0.05) is 25.4 Å². The summed E-state index contributed by atoms with van der Waals surface area (Å²) >= 11 is 1.37. The Hall–Kier alpha value is -2.48. The lowest BCUT2D eigenvalue weighted by Crippen LogP contribution is -2.51. The molecule has 1 saturated heterocycles. The van der Waals surface area contributed by atoms with Gasteiger partial charge < -0.3 is 9.64 Å². The Morgan fingerprint density at radius 2 is 2.10 bits per heavy atom. The number of aromatic nitrogens is 1. The Kier molecular flexibility index (Phi) is 7.07. The number of ether oxygens (including phenoxy) is 1. The fourth-order valence-corrected chi connectivity index (χ4v) is 4.43. The molecule has 0 N–H and O–H groups in total. The van der Waals surface area contributed by atoms with E-state index in [4.69, 9.17) is 4.74 Å². The van der Waals surface area contributed by atoms with Crippen LogP contribution in [0, 0.1) is 17.0 Å². The monoisotopic (exact) mass is 434 g/mol. The molecule has 1 amide bonds. The van der Waals surface area contributed by atoms with Crippen LogP contribution in [0.25, 0.3) is 0 Å². The van der Waals surface area contributed by atoms with Crippen molar-refractivity contribution in [3.8, 4) is 0 Å². The van der Waals surface area contributed by atoms with Gasteiger partial charge in [0.25, 0.3) is 5.91 Å². The first-order valence-corrected chi connectivity index (χ1v) is 11.0.